The summed E-state index contributed by atoms with van der Waals surface area (Å²) in [5, 5.41) is 1.20. The van der Waals surface area contributed by atoms with E-state index >= 15 is 0 Å². The number of carbonyl (C=O) groups excluding carboxylic acids is 1. The van der Waals surface area contributed by atoms with Gasteiger partial charge < -0.3 is 15.4 Å². The Morgan fingerprint density at radius 3 is 2.87 bits per heavy atom. The molecule has 1 unspecified atom stereocenters. The van der Waals surface area contributed by atoms with Crippen LogP contribution in [-0.2, 0) is 4.79 Å². The van der Waals surface area contributed by atoms with Crippen molar-refractivity contribution in [1.82, 2.24) is 9.88 Å². The molecule has 1 saturated heterocycles. The number of nitrogens with two attached hydrogens (primary N) is 1. The lowest BCUT2D eigenvalue weighted by Crippen LogP contribution is -2.49. The molecular weight excluding hydrogens is 405 g/mol. The van der Waals surface area contributed by atoms with Gasteiger partial charge in [-0.15, -0.1) is 0 Å². The van der Waals surface area contributed by atoms with E-state index in [1.54, 1.807) is 36.2 Å². The van der Waals surface area contributed by atoms with Gasteiger partial charge >= 0.3 is 0 Å². The number of fused-ring (bicyclic) bond motifs is 1. The summed E-state index contributed by atoms with van der Waals surface area (Å²) in [5.74, 6) is 0.107. The van der Waals surface area contributed by atoms with Gasteiger partial charge in [-0.25, -0.2) is 4.39 Å². The van der Waals surface area contributed by atoms with E-state index in [-0.39, 0.29) is 17.8 Å². The Hall–Kier alpha value is -2.70. The minimum atomic E-state index is -0.623. The van der Waals surface area contributed by atoms with Crippen molar-refractivity contribution < 1.29 is 13.9 Å². The topological polar surface area (TPSA) is 68.5 Å². The first-order valence-electron chi connectivity index (χ1n) is 9.97. The van der Waals surface area contributed by atoms with Gasteiger partial charge in [-0.05, 0) is 61.7 Å². The molecule has 1 aliphatic heterocycles. The first-order valence-corrected chi connectivity index (χ1v) is 10.4. The number of halogens is 2. The van der Waals surface area contributed by atoms with Crippen LogP contribution in [0.5, 0.6) is 5.75 Å². The SMILES string of the molecule is CC(Oc1ccc2c(-c3ccc(F)cc3Cl)ccnc2c1)C(=O)N1CCC[C@H](N)C1. The molecule has 7 heteroatoms. The number of piperidine rings is 1. The average Bonchev–Trinajstić information content (AvgIpc) is 2.73. The number of nitrogens with zero attached hydrogens (tertiary/aromatic N) is 2. The van der Waals surface area contributed by atoms with Gasteiger partial charge in [-0.2, -0.15) is 0 Å². The van der Waals surface area contributed by atoms with Gasteiger partial charge in [0.05, 0.1) is 10.5 Å². The minimum absolute atomic E-state index is 0.0245. The summed E-state index contributed by atoms with van der Waals surface area (Å²) < 4.78 is 19.3. The summed E-state index contributed by atoms with van der Waals surface area (Å²) in [6.07, 6.45) is 2.90. The van der Waals surface area contributed by atoms with Crippen LogP contribution in [0, 0.1) is 5.82 Å². The number of hydrogen-bond acceptors (Lipinski definition) is 4. The van der Waals surface area contributed by atoms with Gasteiger partial charge in [0, 0.05) is 42.3 Å². The van der Waals surface area contributed by atoms with Crippen molar-refractivity contribution in [2.75, 3.05) is 13.1 Å². The molecule has 0 saturated carbocycles. The molecule has 0 aliphatic carbocycles. The molecule has 2 atom stereocenters. The Bertz CT molecular complexity index is 1090. The fourth-order valence-electron chi connectivity index (χ4n) is 3.87. The predicted molar refractivity (Wildman–Crippen MR) is 116 cm³/mol. The Kier molecular flexibility index (Phi) is 5.88. The van der Waals surface area contributed by atoms with Crippen LogP contribution in [0.1, 0.15) is 19.8 Å². The maximum absolute atomic E-state index is 13.4. The zero-order chi connectivity index (χ0) is 21.3. The van der Waals surface area contributed by atoms with Gasteiger partial charge in [0.1, 0.15) is 11.6 Å². The summed E-state index contributed by atoms with van der Waals surface area (Å²) in [6, 6.07) is 11.7. The van der Waals surface area contributed by atoms with Crippen LogP contribution in [0.3, 0.4) is 0 Å². The highest BCUT2D eigenvalue weighted by Crippen LogP contribution is 2.34. The zero-order valence-corrected chi connectivity index (χ0v) is 17.4. The maximum Gasteiger partial charge on any atom is 0.263 e. The van der Waals surface area contributed by atoms with Gasteiger partial charge in [-0.1, -0.05) is 11.6 Å². The molecule has 3 aromatic rings. The van der Waals surface area contributed by atoms with Gasteiger partial charge in [0.25, 0.3) is 5.91 Å². The number of pyridine rings is 1. The summed E-state index contributed by atoms with van der Waals surface area (Å²) >= 11 is 6.25. The molecule has 2 aromatic carbocycles. The number of aromatic nitrogens is 1. The lowest BCUT2D eigenvalue weighted by Gasteiger charge is -2.32. The molecule has 1 fully saturated rings. The molecule has 4 rings (SSSR count). The second-order valence-electron chi connectivity index (χ2n) is 7.61. The summed E-state index contributed by atoms with van der Waals surface area (Å²) in [5.41, 5.74) is 8.26. The van der Waals surface area contributed by atoms with E-state index in [4.69, 9.17) is 22.1 Å². The molecule has 2 N–H and O–H groups in total. The van der Waals surface area contributed by atoms with Gasteiger partial charge in [0.15, 0.2) is 6.10 Å². The number of ether oxygens (including phenoxy) is 1. The highest BCUT2D eigenvalue weighted by atomic mass is 35.5. The molecular formula is C23H23ClFN3O2. The van der Waals surface area contributed by atoms with Crippen molar-refractivity contribution >= 4 is 28.4 Å². The third-order valence-corrected chi connectivity index (χ3v) is 5.68. The second kappa shape index (κ2) is 8.58. The normalized spacial score (nSPS) is 17.7. The van der Waals surface area contributed by atoms with E-state index in [1.165, 1.54) is 12.1 Å². The van der Waals surface area contributed by atoms with Crippen LogP contribution < -0.4 is 10.5 Å². The predicted octanol–water partition coefficient (Wildman–Crippen LogP) is 4.41. The van der Waals surface area contributed by atoms with Crippen molar-refractivity contribution in [2.45, 2.75) is 31.9 Å². The standard InChI is InChI=1S/C23H23ClFN3O2/c1-14(23(29)28-10-2-3-16(26)13-28)30-17-5-7-20-18(8-9-27-22(20)12-17)19-6-4-15(25)11-21(19)24/h4-9,11-12,14,16H,2-3,10,13,26H2,1H3/t14?,16-/m0/s1. The molecule has 1 aromatic heterocycles. The third-order valence-electron chi connectivity index (χ3n) is 5.37. The minimum Gasteiger partial charge on any atom is -0.481 e. The van der Waals surface area contributed by atoms with Crippen LogP contribution >= 0.6 is 11.6 Å². The first-order chi connectivity index (χ1) is 14.4. The number of carbonyl (C=O) groups is 1. The summed E-state index contributed by atoms with van der Waals surface area (Å²) in [4.78, 5) is 18.9. The lowest BCUT2D eigenvalue weighted by atomic mass is 10.0. The van der Waals surface area contributed by atoms with Crippen molar-refractivity contribution in [1.29, 1.82) is 0 Å². The Labute approximate surface area is 179 Å². The van der Waals surface area contributed by atoms with Crippen molar-refractivity contribution in [3.05, 3.63) is 59.5 Å². The average molecular weight is 428 g/mol. The van der Waals surface area contributed by atoms with E-state index in [1.807, 2.05) is 12.1 Å². The fraction of sp³-hybridized carbons (Fsp3) is 0.304. The van der Waals surface area contributed by atoms with E-state index in [2.05, 4.69) is 4.98 Å². The van der Waals surface area contributed by atoms with E-state index in [0.29, 0.717) is 29.4 Å². The Morgan fingerprint density at radius 1 is 1.27 bits per heavy atom. The quantitative estimate of drug-likeness (QED) is 0.669. The van der Waals surface area contributed by atoms with Gasteiger partial charge in [0.2, 0.25) is 0 Å². The third kappa shape index (κ3) is 4.25. The largest absolute Gasteiger partial charge is 0.481 e. The zero-order valence-electron chi connectivity index (χ0n) is 16.6. The number of hydrogen-bond donors (Lipinski definition) is 1. The summed E-state index contributed by atoms with van der Waals surface area (Å²) in [6.45, 7) is 3.02. The highest BCUT2D eigenvalue weighted by molar-refractivity contribution is 6.33. The Balaban J connectivity index is 1.57. The van der Waals surface area contributed by atoms with Crippen LogP contribution in [0.4, 0.5) is 4.39 Å². The molecule has 0 radical (unpaired) electrons. The van der Waals surface area contributed by atoms with Crippen molar-refractivity contribution in [2.24, 2.45) is 5.73 Å². The van der Waals surface area contributed by atoms with Crippen LogP contribution in [0.2, 0.25) is 5.02 Å². The molecule has 5 nitrogen and oxygen atoms in total. The second-order valence-corrected chi connectivity index (χ2v) is 8.02. The first kappa shape index (κ1) is 20.6. The Morgan fingerprint density at radius 2 is 2.10 bits per heavy atom. The van der Waals surface area contributed by atoms with E-state index < -0.39 is 6.10 Å². The van der Waals surface area contributed by atoms with Crippen molar-refractivity contribution in [3.8, 4) is 16.9 Å². The van der Waals surface area contributed by atoms with Crippen LogP contribution in [0.25, 0.3) is 22.0 Å². The highest BCUT2D eigenvalue weighted by Gasteiger charge is 2.26. The van der Waals surface area contributed by atoms with Crippen molar-refractivity contribution in [3.63, 3.8) is 0 Å². The van der Waals surface area contributed by atoms with Gasteiger partial charge in [-0.3, -0.25) is 9.78 Å². The van der Waals surface area contributed by atoms with Crippen LogP contribution in [0.15, 0.2) is 48.7 Å². The summed E-state index contributed by atoms with van der Waals surface area (Å²) in [7, 11) is 0. The molecule has 2 heterocycles. The molecule has 0 bridgehead atoms. The molecule has 1 amide bonds. The molecule has 0 spiro atoms. The number of benzene rings is 2. The van der Waals surface area contributed by atoms with E-state index in [9.17, 15) is 9.18 Å². The number of likely N-dealkylation sites (tertiary alicyclic amines) is 1. The van der Waals surface area contributed by atoms with E-state index in [0.717, 1.165) is 29.4 Å². The smallest absolute Gasteiger partial charge is 0.263 e. The number of rotatable bonds is 4. The maximum atomic E-state index is 13.4. The molecule has 156 valence electrons. The van der Waals surface area contributed by atoms with Crippen LogP contribution in [-0.4, -0.2) is 41.0 Å². The fourth-order valence-corrected chi connectivity index (χ4v) is 4.13. The molecule has 1 aliphatic rings. The molecule has 30 heavy (non-hydrogen) atoms. The monoisotopic (exact) mass is 427 g/mol. The number of amides is 1. The lowest BCUT2D eigenvalue weighted by molar-refractivity contribution is -0.139.